The average Bonchev–Trinajstić information content (AvgIpc) is 2.86. The standard InChI is InChI=1S/C18H29BrN2/c1-5-14-8-9-21(12-14)13-16-7-6-15(10-17(16)19)11-20-18(2,3)4/h6-7,10,14,20H,5,8-9,11-13H2,1-4H3. The van der Waals surface area contributed by atoms with Crippen LogP contribution in [0.1, 0.15) is 51.7 Å². The maximum Gasteiger partial charge on any atom is 0.0245 e. The van der Waals surface area contributed by atoms with Crippen molar-refractivity contribution in [3.63, 3.8) is 0 Å². The van der Waals surface area contributed by atoms with E-state index < -0.39 is 0 Å². The Labute approximate surface area is 138 Å². The molecule has 0 aromatic heterocycles. The minimum atomic E-state index is 0.163. The van der Waals surface area contributed by atoms with Gasteiger partial charge in [0.05, 0.1) is 0 Å². The Morgan fingerprint density at radius 2 is 2.10 bits per heavy atom. The molecule has 21 heavy (non-hydrogen) atoms. The molecule has 1 aromatic rings. The molecule has 0 radical (unpaired) electrons. The van der Waals surface area contributed by atoms with Crippen LogP contribution in [0.25, 0.3) is 0 Å². The first-order valence-corrected chi connectivity index (χ1v) is 8.91. The Balaban J connectivity index is 1.93. The zero-order chi connectivity index (χ0) is 15.5. The molecule has 1 fully saturated rings. The second kappa shape index (κ2) is 7.26. The van der Waals surface area contributed by atoms with Crippen LogP contribution in [0.3, 0.4) is 0 Å². The van der Waals surface area contributed by atoms with Gasteiger partial charge in [0.1, 0.15) is 0 Å². The molecule has 0 aliphatic carbocycles. The quantitative estimate of drug-likeness (QED) is 0.834. The van der Waals surface area contributed by atoms with E-state index in [1.165, 1.54) is 41.5 Å². The smallest absolute Gasteiger partial charge is 0.0245 e. The first kappa shape index (κ1) is 17.0. The molecule has 1 saturated heterocycles. The molecule has 0 amide bonds. The lowest BCUT2D eigenvalue weighted by Crippen LogP contribution is -2.35. The SMILES string of the molecule is CCC1CCN(Cc2ccc(CNC(C)(C)C)cc2Br)C1. The molecule has 2 rings (SSSR count). The summed E-state index contributed by atoms with van der Waals surface area (Å²) in [4.78, 5) is 2.58. The second-order valence-electron chi connectivity index (χ2n) is 7.33. The Morgan fingerprint density at radius 3 is 2.67 bits per heavy atom. The summed E-state index contributed by atoms with van der Waals surface area (Å²) in [5.74, 6) is 0.902. The number of hydrogen-bond acceptors (Lipinski definition) is 2. The molecule has 1 N–H and O–H groups in total. The van der Waals surface area contributed by atoms with E-state index in [0.29, 0.717) is 0 Å². The summed E-state index contributed by atoms with van der Waals surface area (Å²) in [6, 6.07) is 6.80. The third-order valence-electron chi connectivity index (χ3n) is 4.28. The number of nitrogens with one attached hydrogen (secondary N) is 1. The molecular formula is C18H29BrN2. The van der Waals surface area contributed by atoms with Crippen molar-refractivity contribution in [2.45, 2.75) is 59.2 Å². The van der Waals surface area contributed by atoms with Gasteiger partial charge in [-0.15, -0.1) is 0 Å². The van der Waals surface area contributed by atoms with Crippen LogP contribution in [0.15, 0.2) is 22.7 Å². The van der Waals surface area contributed by atoms with Gasteiger partial charge in [-0.25, -0.2) is 0 Å². The summed E-state index contributed by atoms with van der Waals surface area (Å²) in [6.45, 7) is 13.4. The third kappa shape index (κ3) is 5.39. The van der Waals surface area contributed by atoms with Crippen molar-refractivity contribution in [1.29, 1.82) is 0 Å². The highest BCUT2D eigenvalue weighted by Gasteiger charge is 2.21. The molecule has 1 aliphatic heterocycles. The summed E-state index contributed by atoms with van der Waals surface area (Å²) in [6.07, 6.45) is 2.68. The average molecular weight is 353 g/mol. The topological polar surface area (TPSA) is 15.3 Å². The van der Waals surface area contributed by atoms with Gasteiger partial charge < -0.3 is 5.32 Å². The molecule has 1 aliphatic rings. The fraction of sp³-hybridized carbons (Fsp3) is 0.667. The summed E-state index contributed by atoms with van der Waals surface area (Å²) in [7, 11) is 0. The molecule has 1 atom stereocenters. The van der Waals surface area contributed by atoms with Crippen molar-refractivity contribution in [2.24, 2.45) is 5.92 Å². The van der Waals surface area contributed by atoms with E-state index in [1.807, 2.05) is 0 Å². The van der Waals surface area contributed by atoms with Gasteiger partial charge in [0.2, 0.25) is 0 Å². The molecule has 3 heteroatoms. The van der Waals surface area contributed by atoms with E-state index in [-0.39, 0.29) is 5.54 Å². The zero-order valence-corrected chi connectivity index (χ0v) is 15.5. The lowest BCUT2D eigenvalue weighted by atomic mass is 10.1. The van der Waals surface area contributed by atoms with Crippen LogP contribution in [0.4, 0.5) is 0 Å². The van der Waals surface area contributed by atoms with E-state index in [2.05, 4.69) is 72.0 Å². The molecule has 1 heterocycles. The van der Waals surface area contributed by atoms with E-state index in [1.54, 1.807) is 0 Å². The number of rotatable bonds is 5. The highest BCUT2D eigenvalue weighted by atomic mass is 79.9. The Morgan fingerprint density at radius 1 is 1.33 bits per heavy atom. The van der Waals surface area contributed by atoms with Crippen LogP contribution in [0, 0.1) is 5.92 Å². The Kier molecular flexibility index (Phi) is 5.87. The summed E-state index contributed by atoms with van der Waals surface area (Å²) in [5, 5.41) is 3.54. The van der Waals surface area contributed by atoms with Crippen LogP contribution >= 0.6 is 15.9 Å². The number of benzene rings is 1. The number of likely N-dealkylation sites (tertiary alicyclic amines) is 1. The molecule has 0 spiro atoms. The zero-order valence-electron chi connectivity index (χ0n) is 13.9. The van der Waals surface area contributed by atoms with Gasteiger partial charge in [-0.05, 0) is 56.8 Å². The van der Waals surface area contributed by atoms with Crippen LogP contribution in [0.2, 0.25) is 0 Å². The van der Waals surface area contributed by atoms with Crippen molar-refractivity contribution in [2.75, 3.05) is 13.1 Å². The van der Waals surface area contributed by atoms with Gasteiger partial charge >= 0.3 is 0 Å². The molecule has 2 nitrogen and oxygen atoms in total. The predicted molar refractivity (Wildman–Crippen MR) is 94.4 cm³/mol. The normalized spacial score (nSPS) is 20.1. The van der Waals surface area contributed by atoms with E-state index in [0.717, 1.165) is 19.0 Å². The lowest BCUT2D eigenvalue weighted by molar-refractivity contribution is 0.314. The van der Waals surface area contributed by atoms with Crippen LogP contribution < -0.4 is 5.32 Å². The van der Waals surface area contributed by atoms with E-state index in [4.69, 9.17) is 0 Å². The summed E-state index contributed by atoms with van der Waals surface area (Å²) in [5.41, 5.74) is 2.91. The molecular weight excluding hydrogens is 324 g/mol. The maximum absolute atomic E-state index is 3.75. The Bertz CT molecular complexity index is 465. The predicted octanol–water partition coefficient (Wildman–Crippen LogP) is 4.57. The fourth-order valence-corrected chi connectivity index (χ4v) is 3.38. The van der Waals surface area contributed by atoms with Gasteiger partial charge in [-0.2, -0.15) is 0 Å². The first-order valence-electron chi connectivity index (χ1n) is 8.12. The summed E-state index contributed by atoms with van der Waals surface area (Å²) < 4.78 is 1.25. The van der Waals surface area contributed by atoms with Crippen molar-refractivity contribution in [1.82, 2.24) is 10.2 Å². The van der Waals surface area contributed by atoms with Gasteiger partial charge in [-0.3, -0.25) is 4.90 Å². The first-order chi connectivity index (χ1) is 9.87. The van der Waals surface area contributed by atoms with Gasteiger partial charge in [-0.1, -0.05) is 41.4 Å². The second-order valence-corrected chi connectivity index (χ2v) is 8.18. The number of nitrogens with zero attached hydrogens (tertiary/aromatic N) is 1. The van der Waals surface area contributed by atoms with Gasteiger partial charge in [0.25, 0.3) is 0 Å². The molecule has 0 bridgehead atoms. The van der Waals surface area contributed by atoms with Crippen molar-refractivity contribution in [3.05, 3.63) is 33.8 Å². The lowest BCUT2D eigenvalue weighted by Gasteiger charge is -2.21. The minimum absolute atomic E-state index is 0.163. The van der Waals surface area contributed by atoms with Crippen LogP contribution in [-0.2, 0) is 13.1 Å². The Hall–Kier alpha value is -0.380. The molecule has 1 unspecified atom stereocenters. The monoisotopic (exact) mass is 352 g/mol. The highest BCUT2D eigenvalue weighted by Crippen LogP contribution is 2.25. The van der Waals surface area contributed by atoms with E-state index in [9.17, 15) is 0 Å². The van der Waals surface area contributed by atoms with E-state index >= 15 is 0 Å². The van der Waals surface area contributed by atoms with Crippen molar-refractivity contribution < 1.29 is 0 Å². The number of halogens is 1. The highest BCUT2D eigenvalue weighted by molar-refractivity contribution is 9.10. The van der Waals surface area contributed by atoms with Crippen molar-refractivity contribution >= 4 is 15.9 Å². The number of hydrogen-bond donors (Lipinski definition) is 1. The molecule has 1 aromatic carbocycles. The summed E-state index contributed by atoms with van der Waals surface area (Å²) >= 11 is 3.75. The minimum Gasteiger partial charge on any atom is -0.308 e. The van der Waals surface area contributed by atoms with Gasteiger partial charge in [0.15, 0.2) is 0 Å². The molecule has 118 valence electrons. The van der Waals surface area contributed by atoms with Crippen LogP contribution in [-0.4, -0.2) is 23.5 Å². The van der Waals surface area contributed by atoms with Gasteiger partial charge in [0, 0.05) is 29.6 Å². The third-order valence-corrected chi connectivity index (χ3v) is 5.02. The largest absolute Gasteiger partial charge is 0.308 e. The molecule has 0 saturated carbocycles. The fourth-order valence-electron chi connectivity index (χ4n) is 2.83. The van der Waals surface area contributed by atoms with Crippen LogP contribution in [0.5, 0.6) is 0 Å². The van der Waals surface area contributed by atoms with Crippen molar-refractivity contribution in [3.8, 4) is 0 Å². The maximum atomic E-state index is 3.75.